The Labute approximate surface area is 89.3 Å². The standard InChI is InChI=1S/C8H16N2O4S/c11-8(12)7-15(13,14)9-3-6-10-4-1-2-5-10/h9H,1-7H2,(H,11,12). The molecule has 2 N–H and O–H groups in total. The number of sulfonamides is 1. The van der Waals surface area contributed by atoms with Crippen LogP contribution in [0.5, 0.6) is 0 Å². The summed E-state index contributed by atoms with van der Waals surface area (Å²) in [6, 6.07) is 0. The molecule has 1 saturated heterocycles. The van der Waals surface area contributed by atoms with Crippen LogP contribution < -0.4 is 4.72 Å². The number of carbonyl (C=O) groups is 1. The molecule has 0 aromatic heterocycles. The first-order valence-corrected chi connectivity index (χ1v) is 6.56. The van der Waals surface area contributed by atoms with E-state index in [1.807, 2.05) is 0 Å². The lowest BCUT2D eigenvalue weighted by Gasteiger charge is -2.14. The summed E-state index contributed by atoms with van der Waals surface area (Å²) in [5, 5.41) is 8.33. The third-order valence-electron chi connectivity index (χ3n) is 2.26. The smallest absolute Gasteiger partial charge is 0.320 e. The second-order valence-electron chi connectivity index (χ2n) is 3.60. The van der Waals surface area contributed by atoms with Crippen LogP contribution in [0.25, 0.3) is 0 Å². The lowest BCUT2D eigenvalue weighted by Crippen LogP contribution is -2.36. The maximum atomic E-state index is 11.1. The molecule has 6 nitrogen and oxygen atoms in total. The SMILES string of the molecule is O=C(O)CS(=O)(=O)NCCN1CCCC1. The molecule has 0 aromatic carbocycles. The first kappa shape index (κ1) is 12.4. The minimum absolute atomic E-state index is 0.287. The maximum absolute atomic E-state index is 11.1. The van der Waals surface area contributed by atoms with E-state index in [4.69, 9.17) is 5.11 Å². The van der Waals surface area contributed by atoms with Crippen LogP contribution in [-0.2, 0) is 14.8 Å². The molecular weight excluding hydrogens is 220 g/mol. The molecule has 0 aliphatic carbocycles. The Kier molecular flexibility index (Phi) is 4.49. The largest absolute Gasteiger partial charge is 0.480 e. The number of carboxylic acids is 1. The molecule has 0 bridgehead atoms. The second kappa shape index (κ2) is 5.43. The molecule has 0 spiro atoms. The first-order valence-electron chi connectivity index (χ1n) is 4.91. The lowest BCUT2D eigenvalue weighted by molar-refractivity contribution is -0.134. The van der Waals surface area contributed by atoms with Crippen molar-refractivity contribution in [2.24, 2.45) is 0 Å². The van der Waals surface area contributed by atoms with Crippen molar-refractivity contribution in [3.8, 4) is 0 Å². The second-order valence-corrected chi connectivity index (χ2v) is 5.40. The highest BCUT2D eigenvalue weighted by molar-refractivity contribution is 7.90. The fourth-order valence-corrected chi connectivity index (χ4v) is 2.41. The minimum atomic E-state index is -3.65. The highest BCUT2D eigenvalue weighted by atomic mass is 32.2. The summed E-state index contributed by atoms with van der Waals surface area (Å²) in [5.41, 5.74) is 0. The average molecular weight is 236 g/mol. The molecule has 0 aromatic rings. The van der Waals surface area contributed by atoms with Crippen LogP contribution in [0.15, 0.2) is 0 Å². The van der Waals surface area contributed by atoms with Gasteiger partial charge in [-0.15, -0.1) is 0 Å². The number of carboxylic acid groups (broad SMARTS) is 1. The van der Waals surface area contributed by atoms with E-state index in [2.05, 4.69) is 9.62 Å². The molecule has 1 rings (SSSR count). The number of aliphatic carboxylic acids is 1. The van der Waals surface area contributed by atoms with Gasteiger partial charge in [0.15, 0.2) is 5.75 Å². The van der Waals surface area contributed by atoms with Crippen molar-refractivity contribution in [1.82, 2.24) is 9.62 Å². The fraction of sp³-hybridized carbons (Fsp3) is 0.875. The van der Waals surface area contributed by atoms with Crippen molar-refractivity contribution < 1.29 is 18.3 Å². The quantitative estimate of drug-likeness (QED) is 0.623. The summed E-state index contributed by atoms with van der Waals surface area (Å²) in [7, 11) is -3.65. The maximum Gasteiger partial charge on any atom is 0.320 e. The van der Waals surface area contributed by atoms with Gasteiger partial charge in [0.05, 0.1) is 0 Å². The Balaban J connectivity index is 2.20. The van der Waals surface area contributed by atoms with Gasteiger partial charge in [-0.1, -0.05) is 0 Å². The van der Waals surface area contributed by atoms with E-state index in [9.17, 15) is 13.2 Å². The molecule has 1 aliphatic rings. The normalized spacial score (nSPS) is 18.1. The monoisotopic (exact) mass is 236 g/mol. The zero-order chi connectivity index (χ0) is 11.3. The van der Waals surface area contributed by atoms with Crippen LogP contribution in [0.3, 0.4) is 0 Å². The Morgan fingerprint density at radius 3 is 2.47 bits per heavy atom. The number of rotatable bonds is 6. The zero-order valence-electron chi connectivity index (χ0n) is 8.48. The van der Waals surface area contributed by atoms with Gasteiger partial charge >= 0.3 is 5.97 Å². The highest BCUT2D eigenvalue weighted by Crippen LogP contribution is 2.05. The van der Waals surface area contributed by atoms with Crippen molar-refractivity contribution in [2.45, 2.75) is 12.8 Å². The van der Waals surface area contributed by atoms with Gasteiger partial charge in [-0.3, -0.25) is 4.79 Å². The highest BCUT2D eigenvalue weighted by Gasteiger charge is 2.16. The van der Waals surface area contributed by atoms with Crippen molar-refractivity contribution in [2.75, 3.05) is 31.9 Å². The van der Waals surface area contributed by atoms with E-state index in [1.165, 1.54) is 0 Å². The molecule has 1 fully saturated rings. The Morgan fingerprint density at radius 2 is 1.93 bits per heavy atom. The van der Waals surface area contributed by atoms with Gasteiger partial charge in [-0.25, -0.2) is 13.1 Å². The third kappa shape index (κ3) is 5.10. The average Bonchev–Trinajstić information content (AvgIpc) is 2.53. The van der Waals surface area contributed by atoms with Crippen molar-refractivity contribution in [3.05, 3.63) is 0 Å². The van der Waals surface area contributed by atoms with Gasteiger partial charge in [0.1, 0.15) is 0 Å². The molecule has 1 heterocycles. The predicted molar refractivity (Wildman–Crippen MR) is 55.1 cm³/mol. The van der Waals surface area contributed by atoms with Crippen molar-refractivity contribution >= 4 is 16.0 Å². The molecule has 88 valence electrons. The lowest BCUT2D eigenvalue weighted by atomic mass is 10.4. The van der Waals surface area contributed by atoms with Gasteiger partial charge in [-0.2, -0.15) is 0 Å². The molecule has 0 amide bonds. The summed E-state index contributed by atoms with van der Waals surface area (Å²) in [6.07, 6.45) is 2.31. The van der Waals surface area contributed by atoms with E-state index in [0.717, 1.165) is 25.9 Å². The minimum Gasteiger partial charge on any atom is -0.480 e. The van der Waals surface area contributed by atoms with Crippen molar-refractivity contribution in [1.29, 1.82) is 0 Å². The van der Waals surface area contributed by atoms with E-state index in [0.29, 0.717) is 6.54 Å². The van der Waals surface area contributed by atoms with E-state index < -0.39 is 21.7 Å². The predicted octanol–water partition coefficient (Wildman–Crippen LogP) is -0.914. The Hall–Kier alpha value is -0.660. The van der Waals surface area contributed by atoms with E-state index in [1.54, 1.807) is 0 Å². The molecule has 1 aliphatic heterocycles. The van der Waals surface area contributed by atoms with E-state index >= 15 is 0 Å². The van der Waals surface area contributed by atoms with Crippen LogP contribution in [0.1, 0.15) is 12.8 Å². The summed E-state index contributed by atoms with van der Waals surface area (Å²) >= 11 is 0. The number of hydrogen-bond donors (Lipinski definition) is 2. The van der Waals surface area contributed by atoms with Crippen LogP contribution >= 0.6 is 0 Å². The van der Waals surface area contributed by atoms with Crippen LogP contribution in [0.4, 0.5) is 0 Å². The number of nitrogens with one attached hydrogen (secondary N) is 1. The van der Waals surface area contributed by atoms with Gasteiger partial charge < -0.3 is 10.0 Å². The van der Waals surface area contributed by atoms with Gasteiger partial charge in [0, 0.05) is 13.1 Å². The molecule has 0 radical (unpaired) electrons. The van der Waals surface area contributed by atoms with Crippen LogP contribution in [0.2, 0.25) is 0 Å². The number of hydrogen-bond acceptors (Lipinski definition) is 4. The molecule has 7 heteroatoms. The van der Waals surface area contributed by atoms with Gasteiger partial charge in [0.2, 0.25) is 10.0 Å². The van der Waals surface area contributed by atoms with Crippen molar-refractivity contribution in [3.63, 3.8) is 0 Å². The molecule has 0 saturated carbocycles. The molecule has 0 unspecified atom stereocenters. The summed E-state index contributed by atoms with van der Waals surface area (Å²) in [5.74, 6) is -2.18. The fourth-order valence-electron chi connectivity index (χ4n) is 1.58. The van der Waals surface area contributed by atoms with E-state index in [-0.39, 0.29) is 6.54 Å². The molecule has 0 atom stereocenters. The first-order chi connectivity index (χ1) is 6.99. The Bertz CT molecular complexity index is 309. The summed E-state index contributed by atoms with van der Waals surface area (Å²) in [4.78, 5) is 12.4. The third-order valence-corrected chi connectivity index (χ3v) is 3.53. The number of nitrogens with zero attached hydrogens (tertiary/aromatic N) is 1. The topological polar surface area (TPSA) is 86.7 Å². The molecular formula is C8H16N2O4S. The summed E-state index contributed by atoms with van der Waals surface area (Å²) in [6.45, 7) is 2.94. The van der Waals surface area contributed by atoms with Crippen LogP contribution in [0, 0.1) is 0 Å². The van der Waals surface area contributed by atoms with Crippen LogP contribution in [-0.4, -0.2) is 56.3 Å². The Morgan fingerprint density at radius 1 is 1.33 bits per heavy atom. The van der Waals surface area contributed by atoms with Gasteiger partial charge in [-0.05, 0) is 25.9 Å². The van der Waals surface area contributed by atoms with Gasteiger partial charge in [0.25, 0.3) is 0 Å². The molecule has 15 heavy (non-hydrogen) atoms. The zero-order valence-corrected chi connectivity index (χ0v) is 9.29. The summed E-state index contributed by atoms with van der Waals surface area (Å²) < 4.78 is 24.5. The number of likely N-dealkylation sites (tertiary alicyclic amines) is 1.